The first-order valence-corrected chi connectivity index (χ1v) is 7.23. The Balaban J connectivity index is 2.03. The predicted octanol–water partition coefficient (Wildman–Crippen LogP) is 2.59. The van der Waals surface area contributed by atoms with E-state index in [9.17, 15) is 9.59 Å². The normalized spacial score (nSPS) is 10.4. The molecule has 6 heteroatoms. The third-order valence-corrected chi connectivity index (χ3v) is 3.64. The number of anilines is 1. The molecule has 3 N–H and O–H groups in total. The van der Waals surface area contributed by atoms with E-state index in [1.165, 1.54) is 6.20 Å². The summed E-state index contributed by atoms with van der Waals surface area (Å²) in [6.07, 6.45) is 1.44. The number of benzene rings is 2. The molecule has 0 aliphatic rings. The van der Waals surface area contributed by atoms with Gasteiger partial charge >= 0.3 is 0 Å². The Morgan fingerprint density at radius 2 is 1.79 bits per heavy atom. The average Bonchev–Trinajstić information content (AvgIpc) is 2.61. The van der Waals surface area contributed by atoms with Gasteiger partial charge in [0.25, 0.3) is 11.8 Å². The zero-order valence-electron chi connectivity index (χ0n) is 12.9. The van der Waals surface area contributed by atoms with Crippen LogP contribution in [-0.4, -0.2) is 23.9 Å². The SMILES string of the molecule is COc1ccc(C(=O)Nc2cccnc2C(N)=O)c2ccccc12. The van der Waals surface area contributed by atoms with E-state index in [0.29, 0.717) is 11.3 Å². The van der Waals surface area contributed by atoms with Crippen LogP contribution in [0.15, 0.2) is 54.7 Å². The fourth-order valence-corrected chi connectivity index (χ4v) is 2.54. The molecule has 24 heavy (non-hydrogen) atoms. The molecule has 120 valence electrons. The van der Waals surface area contributed by atoms with Crippen molar-refractivity contribution in [1.29, 1.82) is 0 Å². The van der Waals surface area contributed by atoms with Crippen LogP contribution in [0.2, 0.25) is 0 Å². The zero-order chi connectivity index (χ0) is 17.1. The summed E-state index contributed by atoms with van der Waals surface area (Å²) in [5, 5.41) is 4.27. The summed E-state index contributed by atoms with van der Waals surface area (Å²) in [5.74, 6) is -0.379. The molecule has 1 aromatic heterocycles. The van der Waals surface area contributed by atoms with Crippen molar-refractivity contribution in [3.8, 4) is 5.75 Å². The minimum Gasteiger partial charge on any atom is -0.496 e. The molecule has 3 rings (SSSR count). The Morgan fingerprint density at radius 3 is 2.50 bits per heavy atom. The van der Waals surface area contributed by atoms with E-state index in [-0.39, 0.29) is 17.3 Å². The van der Waals surface area contributed by atoms with E-state index in [0.717, 1.165) is 10.8 Å². The average molecular weight is 321 g/mol. The Bertz CT molecular complexity index is 938. The molecule has 0 fully saturated rings. The molecule has 0 aliphatic carbocycles. The van der Waals surface area contributed by atoms with Gasteiger partial charge < -0.3 is 15.8 Å². The Labute approximate surface area is 138 Å². The lowest BCUT2D eigenvalue weighted by Crippen LogP contribution is -2.19. The lowest BCUT2D eigenvalue weighted by molar-refractivity contribution is 0.0996. The molecule has 0 atom stereocenters. The van der Waals surface area contributed by atoms with Crippen molar-refractivity contribution in [2.45, 2.75) is 0 Å². The number of methoxy groups -OCH3 is 1. The molecule has 0 unspecified atom stereocenters. The van der Waals surface area contributed by atoms with Gasteiger partial charge in [0.2, 0.25) is 0 Å². The summed E-state index contributed by atoms with van der Waals surface area (Å²) in [6.45, 7) is 0. The molecule has 0 bridgehead atoms. The number of primary amides is 1. The number of carbonyl (C=O) groups is 2. The number of aromatic nitrogens is 1. The number of nitrogens with one attached hydrogen (secondary N) is 1. The second-order valence-corrected chi connectivity index (χ2v) is 5.08. The third kappa shape index (κ3) is 2.77. The molecular formula is C18H15N3O3. The van der Waals surface area contributed by atoms with Crippen molar-refractivity contribution in [2.75, 3.05) is 12.4 Å². The predicted molar refractivity (Wildman–Crippen MR) is 91.2 cm³/mol. The van der Waals surface area contributed by atoms with Gasteiger partial charge in [0, 0.05) is 17.1 Å². The number of rotatable bonds is 4. The van der Waals surface area contributed by atoms with Crippen LogP contribution in [0, 0.1) is 0 Å². The fourth-order valence-electron chi connectivity index (χ4n) is 2.54. The number of fused-ring (bicyclic) bond motifs is 1. The first-order valence-electron chi connectivity index (χ1n) is 7.23. The molecule has 6 nitrogen and oxygen atoms in total. The monoisotopic (exact) mass is 321 g/mol. The fraction of sp³-hybridized carbons (Fsp3) is 0.0556. The van der Waals surface area contributed by atoms with Gasteiger partial charge in [-0.05, 0) is 29.7 Å². The molecule has 3 aromatic rings. The third-order valence-electron chi connectivity index (χ3n) is 3.64. The number of ether oxygens (including phenoxy) is 1. The van der Waals surface area contributed by atoms with E-state index >= 15 is 0 Å². The Morgan fingerprint density at radius 1 is 1.04 bits per heavy atom. The molecule has 2 amide bonds. The molecular weight excluding hydrogens is 306 g/mol. The van der Waals surface area contributed by atoms with Crippen molar-refractivity contribution < 1.29 is 14.3 Å². The van der Waals surface area contributed by atoms with E-state index in [4.69, 9.17) is 10.5 Å². The number of carbonyl (C=O) groups excluding carboxylic acids is 2. The van der Waals surface area contributed by atoms with E-state index in [1.54, 1.807) is 31.4 Å². The molecule has 0 spiro atoms. The molecule has 0 saturated heterocycles. The largest absolute Gasteiger partial charge is 0.496 e. The zero-order valence-corrected chi connectivity index (χ0v) is 12.9. The van der Waals surface area contributed by atoms with Crippen molar-refractivity contribution in [2.24, 2.45) is 5.73 Å². The van der Waals surface area contributed by atoms with Gasteiger partial charge in [-0.15, -0.1) is 0 Å². The minimum atomic E-state index is -0.703. The standard InChI is InChI=1S/C18H15N3O3/c1-24-15-9-8-13(11-5-2-3-6-12(11)15)18(23)21-14-7-4-10-20-16(14)17(19)22/h2-10H,1H3,(H2,19,22)(H,21,23). The van der Waals surface area contributed by atoms with Crippen LogP contribution in [0.4, 0.5) is 5.69 Å². The minimum absolute atomic E-state index is 0.0173. The number of hydrogen-bond donors (Lipinski definition) is 2. The van der Waals surface area contributed by atoms with Gasteiger partial charge in [-0.25, -0.2) is 4.98 Å². The second kappa shape index (κ2) is 6.37. The Hall–Kier alpha value is -3.41. The summed E-state index contributed by atoms with van der Waals surface area (Å²) in [4.78, 5) is 28.0. The highest BCUT2D eigenvalue weighted by atomic mass is 16.5. The van der Waals surface area contributed by atoms with Crippen LogP contribution in [-0.2, 0) is 0 Å². The van der Waals surface area contributed by atoms with Gasteiger partial charge in [-0.1, -0.05) is 24.3 Å². The van der Waals surface area contributed by atoms with Crippen molar-refractivity contribution in [3.63, 3.8) is 0 Å². The molecule has 0 aliphatic heterocycles. The van der Waals surface area contributed by atoms with Crippen LogP contribution >= 0.6 is 0 Å². The van der Waals surface area contributed by atoms with Crippen LogP contribution in [0.25, 0.3) is 10.8 Å². The van der Waals surface area contributed by atoms with E-state index < -0.39 is 5.91 Å². The molecule has 0 saturated carbocycles. The van der Waals surface area contributed by atoms with Gasteiger partial charge in [-0.3, -0.25) is 9.59 Å². The summed E-state index contributed by atoms with van der Waals surface area (Å²) >= 11 is 0. The molecule has 1 heterocycles. The number of nitrogens with zero attached hydrogens (tertiary/aromatic N) is 1. The maximum atomic E-state index is 12.7. The summed E-state index contributed by atoms with van der Waals surface area (Å²) < 4.78 is 5.33. The van der Waals surface area contributed by atoms with Crippen molar-refractivity contribution >= 4 is 28.3 Å². The highest BCUT2D eigenvalue weighted by Crippen LogP contribution is 2.29. The van der Waals surface area contributed by atoms with Crippen LogP contribution in [0.5, 0.6) is 5.75 Å². The van der Waals surface area contributed by atoms with Crippen LogP contribution in [0.1, 0.15) is 20.8 Å². The van der Waals surface area contributed by atoms with Crippen LogP contribution in [0.3, 0.4) is 0 Å². The van der Waals surface area contributed by atoms with Gasteiger partial charge in [0.15, 0.2) is 5.69 Å². The van der Waals surface area contributed by atoms with Crippen molar-refractivity contribution in [1.82, 2.24) is 4.98 Å². The summed E-state index contributed by atoms with van der Waals surface area (Å²) in [5.41, 5.74) is 6.04. The quantitative estimate of drug-likeness (QED) is 0.772. The molecule has 2 aromatic carbocycles. The highest BCUT2D eigenvalue weighted by Gasteiger charge is 2.16. The first kappa shape index (κ1) is 15.5. The van der Waals surface area contributed by atoms with Gasteiger partial charge in [0.1, 0.15) is 5.75 Å². The maximum Gasteiger partial charge on any atom is 0.269 e. The van der Waals surface area contributed by atoms with Crippen molar-refractivity contribution in [3.05, 3.63) is 66.0 Å². The summed E-state index contributed by atoms with van der Waals surface area (Å²) in [6, 6.07) is 14.0. The number of nitrogens with two attached hydrogens (primary N) is 1. The highest BCUT2D eigenvalue weighted by molar-refractivity contribution is 6.15. The topological polar surface area (TPSA) is 94.3 Å². The number of pyridine rings is 1. The van der Waals surface area contributed by atoms with E-state index in [1.807, 2.05) is 24.3 Å². The lowest BCUT2D eigenvalue weighted by atomic mass is 10.0. The number of amides is 2. The Kier molecular flexibility index (Phi) is 4.11. The smallest absolute Gasteiger partial charge is 0.269 e. The molecule has 0 radical (unpaired) electrons. The van der Waals surface area contributed by atoms with Crippen LogP contribution < -0.4 is 15.8 Å². The number of hydrogen-bond acceptors (Lipinski definition) is 4. The van der Waals surface area contributed by atoms with E-state index in [2.05, 4.69) is 10.3 Å². The summed E-state index contributed by atoms with van der Waals surface area (Å²) in [7, 11) is 1.58. The lowest BCUT2D eigenvalue weighted by Gasteiger charge is -2.12. The van der Waals surface area contributed by atoms with Gasteiger partial charge in [0.05, 0.1) is 12.8 Å². The second-order valence-electron chi connectivity index (χ2n) is 5.08. The maximum absolute atomic E-state index is 12.7. The van der Waals surface area contributed by atoms with Gasteiger partial charge in [-0.2, -0.15) is 0 Å². The first-order chi connectivity index (χ1) is 11.6.